The van der Waals surface area contributed by atoms with Gasteiger partial charge in [-0.3, -0.25) is 4.79 Å². The zero-order valence-corrected chi connectivity index (χ0v) is 14.4. The quantitative estimate of drug-likeness (QED) is 0.706. The van der Waals surface area contributed by atoms with Crippen LogP contribution in [0.15, 0.2) is 0 Å². The van der Waals surface area contributed by atoms with Gasteiger partial charge in [0.05, 0.1) is 0 Å². The zero-order chi connectivity index (χ0) is 15.8. The van der Waals surface area contributed by atoms with Crippen molar-refractivity contribution < 1.29 is 14.3 Å². The third-order valence-corrected chi connectivity index (χ3v) is 2.67. The number of carbonyl (C=O) groups is 2. The summed E-state index contributed by atoms with van der Waals surface area (Å²) in [5.41, 5.74) is -0.553. The molecule has 0 aromatic rings. The average molecular weight is 305 g/mol. The number of carbonyl (C=O) groups excluding carboxylic acids is 2. The molecule has 118 valence electrons. The number of rotatable bonds is 7. The maximum atomic E-state index is 11.7. The van der Waals surface area contributed by atoms with Gasteiger partial charge >= 0.3 is 6.09 Å². The molecular weight excluding hydrogens is 277 g/mol. The van der Waals surface area contributed by atoms with E-state index < -0.39 is 11.7 Å². The van der Waals surface area contributed by atoms with E-state index in [9.17, 15) is 9.59 Å². The minimum absolute atomic E-state index is 0.00224. The Morgan fingerprint density at radius 3 is 2.30 bits per heavy atom. The summed E-state index contributed by atoms with van der Waals surface area (Å²) < 4.78 is 5.17. The average Bonchev–Trinajstić information content (AvgIpc) is 2.26. The molecule has 0 saturated heterocycles. The minimum atomic E-state index is -0.553. The largest absolute Gasteiger partial charge is 0.444 e. The van der Waals surface area contributed by atoms with Crippen LogP contribution < -0.4 is 5.32 Å². The molecule has 1 atom stereocenters. The number of hydrogen-bond donors (Lipinski definition) is 1. The van der Waals surface area contributed by atoms with Crippen LogP contribution in [0.4, 0.5) is 4.79 Å². The van der Waals surface area contributed by atoms with E-state index >= 15 is 0 Å². The Hall–Kier alpha value is -0.870. The lowest BCUT2D eigenvalue weighted by Crippen LogP contribution is -2.42. The third kappa shape index (κ3) is 9.98. The van der Waals surface area contributed by atoms with E-state index in [1.807, 2.05) is 7.05 Å². The molecule has 0 aliphatic heterocycles. The molecule has 0 aliphatic rings. The fraction of sp³-hybridized carbons (Fsp3) is 0.846. The maximum Gasteiger partial charge on any atom is 0.410 e. The molecule has 20 heavy (non-hydrogen) atoms. The Morgan fingerprint density at radius 1 is 1.20 bits per heavy atom. The monoisotopic (exact) mass is 305 g/mol. The molecule has 0 heterocycles. The van der Waals surface area contributed by atoms with E-state index in [0.717, 1.165) is 19.3 Å². The molecule has 0 saturated carbocycles. The highest BCUT2D eigenvalue weighted by Gasteiger charge is 2.20. The van der Waals surface area contributed by atoms with Crippen LogP contribution in [0.25, 0.3) is 0 Å². The maximum absolute atomic E-state index is 11.7. The van der Waals surface area contributed by atoms with Crippen molar-refractivity contribution >= 4 is 21.2 Å². The summed E-state index contributed by atoms with van der Waals surface area (Å²) in [7, 11) is 6.22. The van der Waals surface area contributed by atoms with E-state index in [2.05, 4.69) is 19.5 Å². The second-order valence-electron chi connectivity index (χ2n) is 5.78. The van der Waals surface area contributed by atoms with Crippen molar-refractivity contribution in [1.82, 2.24) is 15.1 Å². The van der Waals surface area contributed by atoms with Crippen LogP contribution >= 0.6 is 9.24 Å². The lowest BCUT2D eigenvalue weighted by atomic mass is 10.2. The van der Waals surface area contributed by atoms with Crippen LogP contribution in [0.1, 0.15) is 20.8 Å². The van der Waals surface area contributed by atoms with Crippen LogP contribution in [0.5, 0.6) is 0 Å². The number of ether oxygens (including phenoxy) is 1. The fourth-order valence-corrected chi connectivity index (χ4v) is 1.83. The second-order valence-corrected chi connectivity index (χ2v) is 6.36. The van der Waals surface area contributed by atoms with Gasteiger partial charge in [0.2, 0.25) is 5.91 Å². The predicted molar refractivity (Wildman–Crippen MR) is 83.9 cm³/mol. The van der Waals surface area contributed by atoms with Gasteiger partial charge in [-0.2, -0.15) is 0 Å². The predicted octanol–water partition coefficient (Wildman–Crippen LogP) is 0.776. The number of nitrogens with one attached hydrogen (secondary N) is 1. The molecule has 7 heteroatoms. The van der Waals surface area contributed by atoms with E-state index in [1.54, 1.807) is 27.8 Å². The Balaban J connectivity index is 3.93. The van der Waals surface area contributed by atoms with Crippen molar-refractivity contribution in [2.24, 2.45) is 0 Å². The highest BCUT2D eigenvalue weighted by Crippen LogP contribution is 2.08. The summed E-state index contributed by atoms with van der Waals surface area (Å²) >= 11 is 0. The first kappa shape index (κ1) is 19.1. The standard InChI is InChI=1S/C13H28N3O3P/c1-13(2,3)19-12(18)16(5)10-11(17)14-6-7-15(4)8-9-20/h6-10,20H2,1-5H3,(H,14,17). The van der Waals surface area contributed by atoms with Gasteiger partial charge in [0.1, 0.15) is 12.1 Å². The number of likely N-dealkylation sites (N-methyl/N-ethyl adjacent to an activating group) is 2. The van der Waals surface area contributed by atoms with Gasteiger partial charge in [-0.05, 0) is 34.0 Å². The van der Waals surface area contributed by atoms with E-state index in [1.165, 1.54) is 4.90 Å². The van der Waals surface area contributed by atoms with Crippen molar-refractivity contribution in [2.45, 2.75) is 26.4 Å². The first-order chi connectivity index (χ1) is 9.15. The van der Waals surface area contributed by atoms with Crippen LogP contribution in [-0.2, 0) is 9.53 Å². The first-order valence-electron chi connectivity index (χ1n) is 6.75. The van der Waals surface area contributed by atoms with Gasteiger partial charge in [-0.1, -0.05) is 0 Å². The van der Waals surface area contributed by atoms with E-state index in [-0.39, 0.29) is 12.5 Å². The number of hydrogen-bond acceptors (Lipinski definition) is 4. The molecule has 0 bridgehead atoms. The molecule has 6 nitrogen and oxygen atoms in total. The summed E-state index contributed by atoms with van der Waals surface area (Å²) in [4.78, 5) is 26.8. The molecule has 1 N–H and O–H groups in total. The summed E-state index contributed by atoms with van der Waals surface area (Å²) in [6.45, 7) is 7.71. The zero-order valence-electron chi connectivity index (χ0n) is 13.2. The Kier molecular flexibility index (Phi) is 8.74. The number of nitrogens with zero attached hydrogens (tertiary/aromatic N) is 2. The van der Waals surface area contributed by atoms with Gasteiger partial charge in [-0.25, -0.2) is 4.79 Å². The van der Waals surface area contributed by atoms with Gasteiger partial charge in [0.15, 0.2) is 0 Å². The SMILES string of the molecule is CN(CCP)CCNC(=O)CN(C)C(=O)OC(C)(C)C. The normalized spacial score (nSPS) is 11.3. The van der Waals surface area contributed by atoms with Crippen molar-refractivity contribution in [3.05, 3.63) is 0 Å². The third-order valence-electron chi connectivity index (χ3n) is 2.41. The van der Waals surface area contributed by atoms with E-state index in [4.69, 9.17) is 4.74 Å². The molecule has 0 radical (unpaired) electrons. The van der Waals surface area contributed by atoms with Crippen LogP contribution in [0.2, 0.25) is 0 Å². The van der Waals surface area contributed by atoms with Crippen molar-refractivity contribution in [1.29, 1.82) is 0 Å². The second kappa shape index (κ2) is 9.14. The topological polar surface area (TPSA) is 61.9 Å². The molecule has 0 aromatic heterocycles. The molecule has 0 aromatic carbocycles. The van der Waals surface area contributed by atoms with Crippen LogP contribution in [-0.4, -0.2) is 73.8 Å². The Morgan fingerprint density at radius 2 is 1.80 bits per heavy atom. The van der Waals surface area contributed by atoms with Gasteiger partial charge in [0, 0.05) is 26.7 Å². The molecule has 0 spiro atoms. The van der Waals surface area contributed by atoms with Crippen molar-refractivity contribution in [2.75, 3.05) is 46.4 Å². The van der Waals surface area contributed by atoms with Gasteiger partial charge in [0.25, 0.3) is 0 Å². The highest BCUT2D eigenvalue weighted by molar-refractivity contribution is 7.16. The lowest BCUT2D eigenvalue weighted by molar-refractivity contribution is -0.122. The first-order valence-corrected chi connectivity index (χ1v) is 7.57. The molecule has 0 rings (SSSR count). The molecule has 1 unspecified atom stereocenters. The van der Waals surface area contributed by atoms with Crippen LogP contribution in [0.3, 0.4) is 0 Å². The minimum Gasteiger partial charge on any atom is -0.444 e. The fourth-order valence-electron chi connectivity index (χ4n) is 1.39. The van der Waals surface area contributed by atoms with Gasteiger partial charge in [-0.15, -0.1) is 9.24 Å². The number of amides is 2. The van der Waals surface area contributed by atoms with Crippen molar-refractivity contribution in [3.8, 4) is 0 Å². The summed E-state index contributed by atoms with van der Waals surface area (Å²) in [6.07, 6.45) is 0.513. The van der Waals surface area contributed by atoms with Crippen molar-refractivity contribution in [3.63, 3.8) is 0 Å². The van der Waals surface area contributed by atoms with Gasteiger partial charge < -0.3 is 19.9 Å². The summed E-state index contributed by atoms with van der Waals surface area (Å²) in [5.74, 6) is -0.183. The highest BCUT2D eigenvalue weighted by atomic mass is 31.0. The molecule has 0 fully saturated rings. The summed E-state index contributed by atoms with van der Waals surface area (Å²) in [6, 6.07) is 0. The Bertz CT molecular complexity index is 318. The molecule has 2 amide bonds. The summed E-state index contributed by atoms with van der Waals surface area (Å²) in [5, 5.41) is 2.78. The smallest absolute Gasteiger partial charge is 0.410 e. The Labute approximate surface area is 124 Å². The van der Waals surface area contributed by atoms with Crippen LogP contribution in [0, 0.1) is 0 Å². The molecule has 0 aliphatic carbocycles. The lowest BCUT2D eigenvalue weighted by Gasteiger charge is -2.24. The molecular formula is C13H28N3O3P. The van der Waals surface area contributed by atoms with E-state index in [0.29, 0.717) is 6.54 Å².